The van der Waals surface area contributed by atoms with Gasteiger partial charge in [-0.25, -0.2) is 9.89 Å². The lowest BCUT2D eigenvalue weighted by atomic mass is 9.92. The summed E-state index contributed by atoms with van der Waals surface area (Å²) < 4.78 is 1.67. The standard InChI is InChI=1S/C8H14N4O/c9-6-1-3-7(4-2-6)12-5-10-11-8(12)13/h5-7H,1-4,9H2,(H,11,13). The molecule has 0 amide bonds. The zero-order chi connectivity index (χ0) is 9.26. The van der Waals surface area contributed by atoms with Crippen molar-refractivity contribution in [2.24, 2.45) is 5.73 Å². The van der Waals surface area contributed by atoms with Gasteiger partial charge >= 0.3 is 5.69 Å². The minimum Gasteiger partial charge on any atom is -0.328 e. The Morgan fingerprint density at radius 2 is 2.15 bits per heavy atom. The van der Waals surface area contributed by atoms with Crippen LogP contribution in [0.2, 0.25) is 0 Å². The average molecular weight is 182 g/mol. The molecule has 3 N–H and O–H groups in total. The molecule has 1 fully saturated rings. The summed E-state index contributed by atoms with van der Waals surface area (Å²) in [7, 11) is 0. The number of hydrogen-bond acceptors (Lipinski definition) is 3. The largest absolute Gasteiger partial charge is 0.343 e. The Balaban J connectivity index is 2.11. The maximum Gasteiger partial charge on any atom is 0.343 e. The molecule has 0 radical (unpaired) electrons. The van der Waals surface area contributed by atoms with Crippen molar-refractivity contribution in [1.29, 1.82) is 0 Å². The summed E-state index contributed by atoms with van der Waals surface area (Å²) in [6.07, 6.45) is 5.55. The van der Waals surface area contributed by atoms with Crippen molar-refractivity contribution in [3.63, 3.8) is 0 Å². The fourth-order valence-corrected chi connectivity index (χ4v) is 1.90. The van der Waals surface area contributed by atoms with Crippen LogP contribution in [0.15, 0.2) is 11.1 Å². The summed E-state index contributed by atoms with van der Waals surface area (Å²) in [4.78, 5) is 11.2. The lowest BCUT2D eigenvalue weighted by molar-refractivity contribution is 0.318. The van der Waals surface area contributed by atoms with E-state index in [1.165, 1.54) is 0 Å². The van der Waals surface area contributed by atoms with E-state index in [2.05, 4.69) is 10.2 Å². The van der Waals surface area contributed by atoms with Crippen LogP contribution in [0, 0.1) is 0 Å². The van der Waals surface area contributed by atoms with E-state index < -0.39 is 0 Å². The predicted molar refractivity (Wildman–Crippen MR) is 48.3 cm³/mol. The number of aromatic nitrogens is 3. The van der Waals surface area contributed by atoms with Crippen LogP contribution >= 0.6 is 0 Å². The zero-order valence-electron chi connectivity index (χ0n) is 7.44. The molecule has 72 valence electrons. The van der Waals surface area contributed by atoms with Crippen molar-refractivity contribution in [2.45, 2.75) is 37.8 Å². The molecule has 13 heavy (non-hydrogen) atoms. The first-order valence-corrected chi connectivity index (χ1v) is 4.64. The molecule has 0 aromatic carbocycles. The maximum absolute atomic E-state index is 11.2. The smallest absolute Gasteiger partial charge is 0.328 e. The van der Waals surface area contributed by atoms with Crippen molar-refractivity contribution in [3.8, 4) is 0 Å². The summed E-state index contributed by atoms with van der Waals surface area (Å²) in [6, 6.07) is 0.616. The minimum absolute atomic E-state index is 0.111. The molecule has 1 aromatic rings. The quantitative estimate of drug-likeness (QED) is 0.642. The summed E-state index contributed by atoms with van der Waals surface area (Å²) in [5.41, 5.74) is 5.67. The number of nitrogens with two attached hydrogens (primary N) is 1. The number of nitrogens with zero attached hydrogens (tertiary/aromatic N) is 2. The van der Waals surface area contributed by atoms with Gasteiger partial charge in [-0.3, -0.25) is 4.57 Å². The molecule has 0 spiro atoms. The van der Waals surface area contributed by atoms with Crippen molar-refractivity contribution >= 4 is 0 Å². The highest BCUT2D eigenvalue weighted by Gasteiger charge is 2.20. The molecule has 5 heteroatoms. The lowest BCUT2D eigenvalue weighted by Crippen LogP contribution is -2.31. The van der Waals surface area contributed by atoms with E-state index in [9.17, 15) is 4.79 Å². The van der Waals surface area contributed by atoms with Gasteiger partial charge in [0.2, 0.25) is 0 Å². The first-order chi connectivity index (χ1) is 6.27. The molecule has 2 rings (SSSR count). The molecular formula is C8H14N4O. The normalized spacial score (nSPS) is 29.0. The number of aromatic amines is 1. The Morgan fingerprint density at radius 3 is 2.69 bits per heavy atom. The fraction of sp³-hybridized carbons (Fsp3) is 0.750. The van der Waals surface area contributed by atoms with E-state index in [-0.39, 0.29) is 5.69 Å². The van der Waals surface area contributed by atoms with Crippen molar-refractivity contribution in [3.05, 3.63) is 16.8 Å². The molecule has 0 atom stereocenters. The van der Waals surface area contributed by atoms with E-state index in [0.717, 1.165) is 25.7 Å². The predicted octanol–water partition coefficient (Wildman–Crippen LogP) is 0.0138. The molecule has 0 aliphatic heterocycles. The van der Waals surface area contributed by atoms with Crippen LogP contribution < -0.4 is 11.4 Å². The third-order valence-corrected chi connectivity index (χ3v) is 2.71. The molecule has 0 saturated heterocycles. The second kappa shape index (κ2) is 3.33. The van der Waals surface area contributed by atoms with E-state index in [1.807, 2.05) is 0 Å². The highest BCUT2D eigenvalue weighted by Crippen LogP contribution is 2.25. The van der Waals surface area contributed by atoms with Crippen molar-refractivity contribution in [2.75, 3.05) is 0 Å². The van der Waals surface area contributed by atoms with E-state index in [0.29, 0.717) is 12.1 Å². The number of nitrogens with one attached hydrogen (secondary N) is 1. The minimum atomic E-state index is -0.111. The van der Waals surface area contributed by atoms with Crippen LogP contribution in [0.1, 0.15) is 31.7 Å². The first kappa shape index (κ1) is 8.50. The van der Waals surface area contributed by atoms with Gasteiger partial charge in [0.25, 0.3) is 0 Å². The molecule has 1 aliphatic rings. The Kier molecular flexibility index (Phi) is 2.18. The lowest BCUT2D eigenvalue weighted by Gasteiger charge is -2.25. The van der Waals surface area contributed by atoms with Gasteiger partial charge in [-0.1, -0.05) is 0 Å². The highest BCUT2D eigenvalue weighted by molar-refractivity contribution is 4.81. The topological polar surface area (TPSA) is 76.7 Å². The molecule has 1 aromatic heterocycles. The Bertz CT molecular complexity index is 321. The summed E-state index contributed by atoms with van der Waals surface area (Å²) in [6.45, 7) is 0. The molecule has 0 bridgehead atoms. The molecule has 5 nitrogen and oxygen atoms in total. The van der Waals surface area contributed by atoms with E-state index in [1.54, 1.807) is 10.9 Å². The van der Waals surface area contributed by atoms with E-state index in [4.69, 9.17) is 5.73 Å². The maximum atomic E-state index is 11.2. The van der Waals surface area contributed by atoms with Crippen molar-refractivity contribution < 1.29 is 0 Å². The molecule has 1 heterocycles. The highest BCUT2D eigenvalue weighted by atomic mass is 16.1. The number of rotatable bonds is 1. The summed E-state index contributed by atoms with van der Waals surface area (Å²) in [5.74, 6) is 0. The third kappa shape index (κ3) is 1.65. The van der Waals surface area contributed by atoms with Crippen LogP contribution in [-0.2, 0) is 0 Å². The van der Waals surface area contributed by atoms with Gasteiger partial charge < -0.3 is 5.73 Å². The van der Waals surface area contributed by atoms with Crippen LogP contribution in [0.25, 0.3) is 0 Å². The van der Waals surface area contributed by atoms with Crippen molar-refractivity contribution in [1.82, 2.24) is 14.8 Å². The van der Waals surface area contributed by atoms with E-state index >= 15 is 0 Å². The third-order valence-electron chi connectivity index (χ3n) is 2.71. The summed E-state index contributed by atoms with van der Waals surface area (Å²) in [5, 5.41) is 6.11. The van der Waals surface area contributed by atoms with Gasteiger partial charge in [-0.05, 0) is 25.7 Å². The van der Waals surface area contributed by atoms with Crippen LogP contribution in [0.5, 0.6) is 0 Å². The van der Waals surface area contributed by atoms with Gasteiger partial charge in [0, 0.05) is 12.1 Å². The number of hydrogen-bond donors (Lipinski definition) is 2. The van der Waals surface area contributed by atoms with Gasteiger partial charge in [0.1, 0.15) is 6.33 Å². The Morgan fingerprint density at radius 1 is 1.46 bits per heavy atom. The first-order valence-electron chi connectivity index (χ1n) is 4.64. The van der Waals surface area contributed by atoms with Crippen LogP contribution in [-0.4, -0.2) is 20.8 Å². The SMILES string of the molecule is NC1CCC(n2cn[nH]c2=O)CC1. The number of H-pyrrole nitrogens is 1. The summed E-state index contributed by atoms with van der Waals surface area (Å²) >= 11 is 0. The Labute approximate surface area is 75.9 Å². The monoisotopic (exact) mass is 182 g/mol. The van der Waals surface area contributed by atoms with Gasteiger partial charge in [-0.15, -0.1) is 0 Å². The molecule has 0 unspecified atom stereocenters. The molecule has 1 saturated carbocycles. The average Bonchev–Trinajstić information content (AvgIpc) is 2.53. The van der Waals surface area contributed by atoms with Crippen LogP contribution in [0.4, 0.5) is 0 Å². The second-order valence-electron chi connectivity index (χ2n) is 3.64. The molecular weight excluding hydrogens is 168 g/mol. The fourth-order valence-electron chi connectivity index (χ4n) is 1.90. The van der Waals surface area contributed by atoms with Gasteiger partial charge in [0.05, 0.1) is 0 Å². The van der Waals surface area contributed by atoms with Crippen LogP contribution in [0.3, 0.4) is 0 Å². The molecule has 1 aliphatic carbocycles. The zero-order valence-corrected chi connectivity index (χ0v) is 7.44. The Hall–Kier alpha value is -1.10. The van der Waals surface area contributed by atoms with Gasteiger partial charge in [-0.2, -0.15) is 5.10 Å². The van der Waals surface area contributed by atoms with Gasteiger partial charge in [0.15, 0.2) is 0 Å². The second-order valence-corrected chi connectivity index (χ2v) is 3.64.